The molecule has 4 rings (SSSR count). The van der Waals surface area contributed by atoms with Crippen molar-refractivity contribution in [2.45, 2.75) is 52.4 Å². The van der Waals surface area contributed by atoms with Crippen LogP contribution in [0.2, 0.25) is 0 Å². The van der Waals surface area contributed by atoms with Crippen LogP contribution in [0.15, 0.2) is 35.5 Å². The van der Waals surface area contributed by atoms with Crippen molar-refractivity contribution in [3.63, 3.8) is 0 Å². The maximum Gasteiger partial charge on any atom is 0.335 e. The number of hydrogen-bond acceptors (Lipinski definition) is 1. The SMILES string of the molecule is C[C@@]12CCC[C@H]1[C@@H]1CC=C3C=C(C(=O)O)C=C[C@]3(C)[C@H]1CC2. The Morgan fingerprint density at radius 2 is 2.05 bits per heavy atom. The minimum Gasteiger partial charge on any atom is -0.478 e. The van der Waals surface area contributed by atoms with Gasteiger partial charge in [0.15, 0.2) is 0 Å². The molecule has 5 atom stereocenters. The van der Waals surface area contributed by atoms with Crippen LogP contribution in [0.25, 0.3) is 0 Å². The lowest BCUT2D eigenvalue weighted by Crippen LogP contribution is -2.47. The van der Waals surface area contributed by atoms with Gasteiger partial charge >= 0.3 is 5.97 Å². The zero-order chi connectivity index (χ0) is 15.5. The number of carbonyl (C=O) groups is 1. The Morgan fingerprint density at radius 1 is 1.23 bits per heavy atom. The van der Waals surface area contributed by atoms with E-state index in [-0.39, 0.29) is 5.41 Å². The summed E-state index contributed by atoms with van der Waals surface area (Å²) in [4.78, 5) is 11.3. The molecule has 2 nitrogen and oxygen atoms in total. The summed E-state index contributed by atoms with van der Waals surface area (Å²) in [6.45, 7) is 4.85. The van der Waals surface area contributed by atoms with E-state index in [4.69, 9.17) is 0 Å². The van der Waals surface area contributed by atoms with Crippen molar-refractivity contribution in [1.29, 1.82) is 0 Å². The van der Waals surface area contributed by atoms with Crippen LogP contribution in [0.1, 0.15) is 52.4 Å². The molecular formula is C20H26O2. The molecule has 0 saturated heterocycles. The Kier molecular flexibility index (Phi) is 2.99. The lowest BCUT2D eigenvalue weighted by molar-refractivity contribution is -0.132. The first kappa shape index (κ1) is 14.3. The van der Waals surface area contributed by atoms with E-state index in [0.29, 0.717) is 16.9 Å². The molecule has 0 aromatic heterocycles. The van der Waals surface area contributed by atoms with Crippen molar-refractivity contribution in [2.24, 2.45) is 28.6 Å². The Labute approximate surface area is 133 Å². The molecule has 2 heteroatoms. The highest BCUT2D eigenvalue weighted by Crippen LogP contribution is 2.63. The molecule has 0 aromatic carbocycles. The normalized spacial score (nSPS) is 46.2. The minimum absolute atomic E-state index is 0.0474. The number of carboxylic acid groups (broad SMARTS) is 1. The Balaban J connectivity index is 1.72. The van der Waals surface area contributed by atoms with E-state index in [1.54, 1.807) is 0 Å². The average Bonchev–Trinajstić information content (AvgIpc) is 2.88. The van der Waals surface area contributed by atoms with Gasteiger partial charge in [-0.3, -0.25) is 0 Å². The molecule has 1 N–H and O–H groups in total. The molecule has 0 amide bonds. The van der Waals surface area contributed by atoms with Gasteiger partial charge in [0, 0.05) is 5.41 Å². The first-order chi connectivity index (χ1) is 10.4. The van der Waals surface area contributed by atoms with Crippen molar-refractivity contribution in [1.82, 2.24) is 0 Å². The van der Waals surface area contributed by atoms with Gasteiger partial charge in [-0.1, -0.05) is 38.5 Å². The molecule has 0 heterocycles. The first-order valence-corrected chi connectivity index (χ1v) is 8.79. The quantitative estimate of drug-likeness (QED) is 0.759. The standard InChI is InChI=1S/C20H26O2/c1-19-9-3-4-16(19)15-6-5-14-12-13(18(21)22)7-11-20(14,2)17(15)8-10-19/h5,7,11-12,15-17H,3-4,6,8-10H2,1-2H3,(H,21,22)/t15-,16-,17-,19-,20-/m0/s1. The smallest absolute Gasteiger partial charge is 0.335 e. The van der Waals surface area contributed by atoms with Crippen LogP contribution in [-0.2, 0) is 4.79 Å². The number of allylic oxidation sites excluding steroid dienone is 4. The van der Waals surface area contributed by atoms with E-state index >= 15 is 0 Å². The summed E-state index contributed by atoms with van der Waals surface area (Å²) >= 11 is 0. The molecule has 2 fully saturated rings. The molecule has 0 bridgehead atoms. The number of rotatable bonds is 1. The van der Waals surface area contributed by atoms with Crippen LogP contribution in [-0.4, -0.2) is 11.1 Å². The zero-order valence-corrected chi connectivity index (χ0v) is 13.6. The minimum atomic E-state index is -0.812. The van der Waals surface area contributed by atoms with E-state index in [2.05, 4.69) is 26.0 Å². The van der Waals surface area contributed by atoms with E-state index in [1.165, 1.54) is 37.7 Å². The van der Waals surface area contributed by atoms with Crippen molar-refractivity contribution < 1.29 is 9.90 Å². The fraction of sp³-hybridized carbons (Fsp3) is 0.650. The summed E-state index contributed by atoms with van der Waals surface area (Å²) in [6, 6.07) is 0. The number of hydrogen-bond donors (Lipinski definition) is 1. The summed E-state index contributed by atoms with van der Waals surface area (Å²) in [5.41, 5.74) is 2.30. The lowest BCUT2D eigenvalue weighted by Gasteiger charge is -2.55. The van der Waals surface area contributed by atoms with Crippen LogP contribution in [0.3, 0.4) is 0 Å². The Morgan fingerprint density at radius 3 is 2.82 bits per heavy atom. The molecule has 0 aliphatic heterocycles. The van der Waals surface area contributed by atoms with Crippen LogP contribution < -0.4 is 0 Å². The molecule has 0 spiro atoms. The molecular weight excluding hydrogens is 272 g/mol. The molecule has 2 saturated carbocycles. The summed E-state index contributed by atoms with van der Waals surface area (Å²) in [7, 11) is 0. The van der Waals surface area contributed by atoms with Crippen molar-refractivity contribution in [3.05, 3.63) is 35.5 Å². The van der Waals surface area contributed by atoms with Gasteiger partial charge in [-0.05, 0) is 66.9 Å². The summed E-state index contributed by atoms with van der Waals surface area (Å²) < 4.78 is 0. The van der Waals surface area contributed by atoms with E-state index in [0.717, 1.165) is 18.3 Å². The summed E-state index contributed by atoms with van der Waals surface area (Å²) in [6.07, 6.45) is 16.3. The molecule has 0 radical (unpaired) electrons. The molecule has 0 unspecified atom stereocenters. The molecule has 118 valence electrons. The zero-order valence-electron chi connectivity index (χ0n) is 13.6. The fourth-order valence-corrected chi connectivity index (χ4v) is 6.10. The van der Waals surface area contributed by atoms with Gasteiger partial charge in [0.05, 0.1) is 5.57 Å². The highest BCUT2D eigenvalue weighted by molar-refractivity contribution is 5.91. The second kappa shape index (κ2) is 4.59. The van der Waals surface area contributed by atoms with Crippen molar-refractivity contribution in [3.8, 4) is 0 Å². The number of carboxylic acids is 1. The van der Waals surface area contributed by atoms with E-state index in [9.17, 15) is 9.90 Å². The van der Waals surface area contributed by atoms with Crippen molar-refractivity contribution >= 4 is 5.97 Å². The fourth-order valence-electron chi connectivity index (χ4n) is 6.10. The van der Waals surface area contributed by atoms with E-state index in [1.807, 2.05) is 12.2 Å². The topological polar surface area (TPSA) is 37.3 Å². The van der Waals surface area contributed by atoms with Crippen LogP contribution in [0.5, 0.6) is 0 Å². The molecule has 4 aliphatic carbocycles. The molecule has 22 heavy (non-hydrogen) atoms. The largest absolute Gasteiger partial charge is 0.478 e. The first-order valence-electron chi connectivity index (χ1n) is 8.79. The predicted octanol–water partition coefficient (Wildman–Crippen LogP) is 4.74. The second-order valence-electron chi connectivity index (χ2n) is 8.38. The summed E-state index contributed by atoms with van der Waals surface area (Å²) in [5, 5.41) is 9.26. The second-order valence-corrected chi connectivity index (χ2v) is 8.38. The van der Waals surface area contributed by atoms with Gasteiger partial charge in [0.1, 0.15) is 0 Å². The molecule has 0 aromatic rings. The van der Waals surface area contributed by atoms with Gasteiger partial charge in [-0.2, -0.15) is 0 Å². The average molecular weight is 298 g/mol. The predicted molar refractivity (Wildman–Crippen MR) is 87.3 cm³/mol. The van der Waals surface area contributed by atoms with Gasteiger partial charge in [-0.15, -0.1) is 0 Å². The molecule has 4 aliphatic rings. The Hall–Kier alpha value is -1.31. The third kappa shape index (κ3) is 1.82. The third-order valence-corrected chi connectivity index (χ3v) is 7.39. The maximum atomic E-state index is 11.3. The van der Waals surface area contributed by atoms with Crippen molar-refractivity contribution in [2.75, 3.05) is 0 Å². The lowest BCUT2D eigenvalue weighted by atomic mass is 9.50. The van der Waals surface area contributed by atoms with Gasteiger partial charge in [-0.25, -0.2) is 4.79 Å². The van der Waals surface area contributed by atoms with Crippen LogP contribution >= 0.6 is 0 Å². The van der Waals surface area contributed by atoms with Gasteiger partial charge in [0.25, 0.3) is 0 Å². The van der Waals surface area contributed by atoms with Crippen LogP contribution in [0.4, 0.5) is 0 Å². The monoisotopic (exact) mass is 298 g/mol. The highest BCUT2D eigenvalue weighted by Gasteiger charge is 2.54. The maximum absolute atomic E-state index is 11.3. The number of aliphatic carboxylic acids is 1. The van der Waals surface area contributed by atoms with Gasteiger partial charge in [0.2, 0.25) is 0 Å². The van der Waals surface area contributed by atoms with Crippen LogP contribution in [0, 0.1) is 28.6 Å². The number of fused-ring (bicyclic) bond motifs is 5. The Bertz CT molecular complexity index is 611. The highest BCUT2D eigenvalue weighted by atomic mass is 16.4. The third-order valence-electron chi connectivity index (χ3n) is 7.39. The van der Waals surface area contributed by atoms with E-state index < -0.39 is 5.97 Å². The van der Waals surface area contributed by atoms with Gasteiger partial charge < -0.3 is 5.11 Å². The summed E-state index contributed by atoms with van der Waals surface area (Å²) in [5.74, 6) is 1.54.